The molecule has 2 rings (SSSR count). The third-order valence-corrected chi connectivity index (χ3v) is 3.26. The molecule has 1 aliphatic carbocycles. The van der Waals surface area contributed by atoms with Crippen LogP contribution in [0.15, 0.2) is 6.20 Å². The van der Waals surface area contributed by atoms with Crippen molar-refractivity contribution in [1.29, 1.82) is 0 Å². The van der Waals surface area contributed by atoms with Gasteiger partial charge in [-0.05, 0) is 25.7 Å². The van der Waals surface area contributed by atoms with Gasteiger partial charge in [0.1, 0.15) is 6.10 Å². The fourth-order valence-corrected chi connectivity index (χ4v) is 2.15. The predicted molar refractivity (Wildman–Crippen MR) is 69.1 cm³/mol. The minimum Gasteiger partial charge on any atom is -0.392 e. The summed E-state index contributed by atoms with van der Waals surface area (Å²) in [5.74, 6) is 1.62. The molecule has 1 N–H and O–H groups in total. The zero-order valence-corrected chi connectivity index (χ0v) is 11.4. The minimum absolute atomic E-state index is 0.0209. The Morgan fingerprint density at radius 2 is 2.17 bits per heavy atom. The van der Waals surface area contributed by atoms with E-state index in [4.69, 9.17) is 4.74 Å². The van der Waals surface area contributed by atoms with Crippen molar-refractivity contribution in [3.8, 4) is 0 Å². The first-order valence-corrected chi connectivity index (χ1v) is 6.75. The Morgan fingerprint density at radius 3 is 2.67 bits per heavy atom. The summed E-state index contributed by atoms with van der Waals surface area (Å²) in [7, 11) is 0. The average Bonchev–Trinajstić information content (AvgIpc) is 3.19. The number of rotatable bonds is 6. The molecule has 100 valence electrons. The third-order valence-electron chi connectivity index (χ3n) is 3.26. The highest BCUT2D eigenvalue weighted by atomic mass is 16.5. The maximum Gasteiger partial charge on any atom is 0.157 e. The summed E-state index contributed by atoms with van der Waals surface area (Å²) in [6.07, 6.45) is 4.04. The van der Waals surface area contributed by atoms with Gasteiger partial charge in [-0.2, -0.15) is 0 Å². The maximum absolute atomic E-state index is 9.33. The molecule has 0 amide bonds. The zero-order chi connectivity index (χ0) is 13.1. The molecule has 4 nitrogen and oxygen atoms in total. The van der Waals surface area contributed by atoms with Gasteiger partial charge in [-0.1, -0.05) is 13.8 Å². The summed E-state index contributed by atoms with van der Waals surface area (Å²) in [6.45, 7) is 6.89. The highest BCUT2D eigenvalue weighted by Crippen LogP contribution is 2.41. The van der Waals surface area contributed by atoms with E-state index in [2.05, 4.69) is 23.8 Å². The van der Waals surface area contributed by atoms with E-state index in [0.29, 0.717) is 18.4 Å². The lowest BCUT2D eigenvalue weighted by atomic mass is 10.1. The summed E-state index contributed by atoms with van der Waals surface area (Å²) in [5, 5.41) is 9.33. The summed E-state index contributed by atoms with van der Waals surface area (Å²) >= 11 is 0. The van der Waals surface area contributed by atoms with Crippen LogP contribution in [0.25, 0.3) is 0 Å². The van der Waals surface area contributed by atoms with Gasteiger partial charge in [0.2, 0.25) is 0 Å². The Hall–Kier alpha value is -1.00. The van der Waals surface area contributed by atoms with Crippen molar-refractivity contribution in [1.82, 2.24) is 9.97 Å². The van der Waals surface area contributed by atoms with Gasteiger partial charge in [-0.25, -0.2) is 9.97 Å². The van der Waals surface area contributed by atoms with Crippen LogP contribution in [0.3, 0.4) is 0 Å². The monoisotopic (exact) mass is 250 g/mol. The number of hydrogen-bond acceptors (Lipinski definition) is 4. The molecule has 1 unspecified atom stereocenters. The minimum atomic E-state index is -0.0553. The number of aliphatic hydroxyl groups is 1. The maximum atomic E-state index is 9.33. The lowest BCUT2D eigenvalue weighted by Crippen LogP contribution is -2.16. The van der Waals surface area contributed by atoms with Gasteiger partial charge in [0.15, 0.2) is 5.82 Å². The molecular formula is C14H22N2O2. The Morgan fingerprint density at radius 1 is 1.44 bits per heavy atom. The lowest BCUT2D eigenvalue weighted by molar-refractivity contribution is 0.0229. The van der Waals surface area contributed by atoms with Crippen molar-refractivity contribution >= 4 is 0 Å². The summed E-state index contributed by atoms with van der Waals surface area (Å²) in [5.41, 5.74) is 1.88. The molecule has 4 heteroatoms. The second-order valence-corrected chi connectivity index (χ2v) is 5.19. The van der Waals surface area contributed by atoms with Gasteiger partial charge < -0.3 is 9.84 Å². The lowest BCUT2D eigenvalue weighted by Gasteiger charge is -2.20. The Balaban J connectivity index is 2.29. The van der Waals surface area contributed by atoms with Gasteiger partial charge in [-0.3, -0.25) is 0 Å². The van der Waals surface area contributed by atoms with Crippen LogP contribution in [0.4, 0.5) is 0 Å². The van der Waals surface area contributed by atoms with Gasteiger partial charge in [-0.15, -0.1) is 0 Å². The van der Waals surface area contributed by atoms with Gasteiger partial charge in [0, 0.05) is 24.3 Å². The smallest absolute Gasteiger partial charge is 0.157 e. The predicted octanol–water partition coefficient (Wildman–Crippen LogP) is 2.58. The number of hydrogen-bond donors (Lipinski definition) is 1. The first-order valence-electron chi connectivity index (χ1n) is 6.75. The first-order chi connectivity index (χ1) is 8.67. The summed E-state index contributed by atoms with van der Waals surface area (Å²) < 4.78 is 5.73. The van der Waals surface area contributed by atoms with E-state index < -0.39 is 0 Å². The highest BCUT2D eigenvalue weighted by Gasteiger charge is 2.29. The van der Waals surface area contributed by atoms with Crippen LogP contribution in [0, 0.1) is 5.92 Å². The highest BCUT2D eigenvalue weighted by molar-refractivity contribution is 5.25. The molecule has 0 aromatic carbocycles. The van der Waals surface area contributed by atoms with Crippen molar-refractivity contribution in [3.05, 3.63) is 23.3 Å². The topological polar surface area (TPSA) is 55.2 Å². The fourth-order valence-electron chi connectivity index (χ4n) is 2.15. The fraction of sp³-hybridized carbons (Fsp3) is 0.714. The van der Waals surface area contributed by atoms with Crippen LogP contribution in [-0.2, 0) is 11.3 Å². The van der Waals surface area contributed by atoms with Crippen LogP contribution in [0.1, 0.15) is 62.7 Å². The Bertz CT molecular complexity index is 403. The number of nitrogens with zero attached hydrogens (tertiary/aromatic N) is 2. The van der Waals surface area contributed by atoms with E-state index in [9.17, 15) is 5.11 Å². The van der Waals surface area contributed by atoms with E-state index in [1.807, 2.05) is 6.92 Å². The zero-order valence-electron chi connectivity index (χ0n) is 11.4. The van der Waals surface area contributed by atoms with Crippen LogP contribution in [0.2, 0.25) is 0 Å². The molecule has 1 saturated carbocycles. The van der Waals surface area contributed by atoms with E-state index in [1.54, 1.807) is 6.20 Å². The second kappa shape index (κ2) is 5.76. The first kappa shape index (κ1) is 13.4. The molecule has 1 aliphatic rings. The molecule has 0 bridgehead atoms. The van der Waals surface area contributed by atoms with Crippen molar-refractivity contribution in [2.75, 3.05) is 6.61 Å². The van der Waals surface area contributed by atoms with Crippen molar-refractivity contribution < 1.29 is 9.84 Å². The van der Waals surface area contributed by atoms with Gasteiger partial charge in [0.05, 0.1) is 12.3 Å². The molecule has 1 atom stereocenters. The van der Waals surface area contributed by atoms with Crippen LogP contribution in [0.5, 0.6) is 0 Å². The molecule has 1 aromatic heterocycles. The standard InChI is InChI=1S/C14H22N2O2/c1-4-18-13(9(2)3)14-15-7-11(8-17)12(16-14)10-5-6-10/h7,9-10,13,17H,4-6,8H2,1-3H3. The number of aliphatic hydroxyl groups excluding tert-OH is 1. The van der Waals surface area contributed by atoms with E-state index in [1.165, 1.54) is 12.8 Å². The normalized spacial score (nSPS) is 17.2. The van der Waals surface area contributed by atoms with Crippen LogP contribution >= 0.6 is 0 Å². The summed E-state index contributed by atoms with van der Waals surface area (Å²) in [6, 6.07) is 0. The molecule has 0 aliphatic heterocycles. The molecule has 1 aromatic rings. The van der Waals surface area contributed by atoms with Crippen molar-refractivity contribution in [3.63, 3.8) is 0 Å². The van der Waals surface area contributed by atoms with Gasteiger partial charge in [0.25, 0.3) is 0 Å². The molecule has 0 spiro atoms. The average molecular weight is 250 g/mol. The SMILES string of the molecule is CCOC(c1ncc(CO)c(C2CC2)n1)C(C)C. The second-order valence-electron chi connectivity index (χ2n) is 5.19. The molecular weight excluding hydrogens is 228 g/mol. The van der Waals surface area contributed by atoms with Gasteiger partial charge >= 0.3 is 0 Å². The van der Waals surface area contributed by atoms with Crippen molar-refractivity contribution in [2.45, 2.75) is 52.2 Å². The van der Waals surface area contributed by atoms with E-state index in [-0.39, 0.29) is 12.7 Å². The third kappa shape index (κ3) is 2.87. The van der Waals surface area contributed by atoms with Crippen LogP contribution in [-0.4, -0.2) is 21.7 Å². The van der Waals surface area contributed by atoms with E-state index >= 15 is 0 Å². The van der Waals surface area contributed by atoms with Crippen LogP contribution < -0.4 is 0 Å². The molecule has 1 heterocycles. The summed E-state index contributed by atoms with van der Waals surface area (Å²) in [4.78, 5) is 9.01. The largest absolute Gasteiger partial charge is 0.392 e. The Kier molecular flexibility index (Phi) is 4.30. The Labute approximate surface area is 108 Å². The molecule has 0 saturated heterocycles. The molecule has 18 heavy (non-hydrogen) atoms. The number of aromatic nitrogens is 2. The van der Waals surface area contributed by atoms with Crippen molar-refractivity contribution in [2.24, 2.45) is 5.92 Å². The molecule has 1 fully saturated rings. The molecule has 0 radical (unpaired) electrons. The number of ether oxygens (including phenoxy) is 1. The quantitative estimate of drug-likeness (QED) is 0.843. The van der Waals surface area contributed by atoms with E-state index in [0.717, 1.165) is 17.1 Å².